The first-order chi connectivity index (χ1) is 7.80. The highest BCUT2D eigenvalue weighted by Crippen LogP contribution is 2.58. The van der Waals surface area contributed by atoms with E-state index in [1.165, 1.54) is 25.7 Å². The van der Waals surface area contributed by atoms with Gasteiger partial charge >= 0.3 is 0 Å². The molecule has 100 valence electrons. The molecule has 0 radical (unpaired) electrons. The van der Waals surface area contributed by atoms with Crippen molar-refractivity contribution < 1.29 is 9.53 Å². The fourth-order valence-corrected chi connectivity index (χ4v) is 3.09. The highest BCUT2D eigenvalue weighted by molar-refractivity contribution is 5.37. The Morgan fingerprint density at radius 1 is 1.24 bits per heavy atom. The first-order valence-corrected chi connectivity index (χ1v) is 6.59. The van der Waals surface area contributed by atoms with E-state index in [9.17, 15) is 4.79 Å². The highest BCUT2D eigenvalue weighted by atomic mass is 16.5. The van der Waals surface area contributed by atoms with Crippen molar-refractivity contribution >= 4 is 6.47 Å². The fraction of sp³-hybridized carbons (Fsp3) is 0.929. The molecule has 0 atom stereocenters. The summed E-state index contributed by atoms with van der Waals surface area (Å²) in [5.41, 5.74) is 0.509. The Labute approximate surface area is 105 Å². The highest BCUT2D eigenvalue weighted by Gasteiger charge is 2.50. The van der Waals surface area contributed by atoms with Crippen molar-refractivity contribution in [1.82, 2.24) is 5.32 Å². The van der Waals surface area contributed by atoms with Gasteiger partial charge in [-0.15, -0.1) is 0 Å². The number of carbonyl (C=O) groups is 1. The summed E-state index contributed by atoms with van der Waals surface area (Å²) in [6.45, 7) is 8.29. The smallest absolute Gasteiger partial charge is 0.293 e. The Balaban J connectivity index is 0.000000185. The van der Waals surface area contributed by atoms with Crippen LogP contribution >= 0.6 is 0 Å². The van der Waals surface area contributed by atoms with E-state index in [4.69, 9.17) is 0 Å². The molecule has 3 nitrogen and oxygen atoms in total. The van der Waals surface area contributed by atoms with E-state index in [1.807, 2.05) is 20.8 Å². The van der Waals surface area contributed by atoms with E-state index in [2.05, 4.69) is 24.0 Å². The summed E-state index contributed by atoms with van der Waals surface area (Å²) in [6.07, 6.45) is 5.91. The monoisotopic (exact) mass is 241 g/mol. The van der Waals surface area contributed by atoms with Gasteiger partial charge < -0.3 is 10.1 Å². The van der Waals surface area contributed by atoms with Gasteiger partial charge in [-0.1, -0.05) is 6.92 Å². The molecule has 0 heterocycles. The molecule has 1 N–H and O–H groups in total. The lowest BCUT2D eigenvalue weighted by Gasteiger charge is -2.57. The lowest BCUT2D eigenvalue weighted by Crippen LogP contribution is -2.53. The van der Waals surface area contributed by atoms with Gasteiger partial charge in [0.05, 0.1) is 0 Å². The van der Waals surface area contributed by atoms with Gasteiger partial charge in [-0.05, 0) is 64.8 Å². The van der Waals surface area contributed by atoms with Gasteiger partial charge in [-0.2, -0.15) is 0 Å². The Morgan fingerprint density at radius 3 is 2.00 bits per heavy atom. The predicted octanol–water partition coefficient (Wildman–Crippen LogP) is 2.74. The predicted molar refractivity (Wildman–Crippen MR) is 69.8 cm³/mol. The zero-order chi connectivity index (χ0) is 13.1. The molecule has 0 aliphatic heterocycles. The van der Waals surface area contributed by atoms with Crippen molar-refractivity contribution in [3.05, 3.63) is 0 Å². The number of nitrogens with one attached hydrogen (secondary N) is 1. The molecule has 2 fully saturated rings. The van der Waals surface area contributed by atoms with Gasteiger partial charge in [0.2, 0.25) is 0 Å². The molecule has 1 spiro atoms. The molecule has 2 saturated carbocycles. The molecular weight excluding hydrogens is 214 g/mol. The molecule has 2 aliphatic carbocycles. The summed E-state index contributed by atoms with van der Waals surface area (Å²) < 4.78 is 4.55. The molecule has 0 amide bonds. The molecule has 2 rings (SSSR count). The average molecular weight is 241 g/mol. The Bertz CT molecular complexity index is 243. The minimum atomic E-state index is -0.318. The van der Waals surface area contributed by atoms with E-state index in [0.717, 1.165) is 17.4 Å². The quantitative estimate of drug-likeness (QED) is 0.755. The van der Waals surface area contributed by atoms with E-state index < -0.39 is 0 Å². The Morgan fingerprint density at radius 2 is 1.76 bits per heavy atom. The van der Waals surface area contributed by atoms with E-state index in [0.29, 0.717) is 6.47 Å². The SMILES string of the molecule is CC(C)(C)OC=O.CNC1CC2(CC(C)C2)C1. The van der Waals surface area contributed by atoms with Crippen LogP contribution in [-0.2, 0) is 9.53 Å². The van der Waals surface area contributed by atoms with Crippen LogP contribution in [0.2, 0.25) is 0 Å². The first kappa shape index (κ1) is 14.5. The molecule has 0 bridgehead atoms. The largest absolute Gasteiger partial charge is 0.462 e. The van der Waals surface area contributed by atoms with Crippen LogP contribution in [0.3, 0.4) is 0 Å². The summed E-state index contributed by atoms with van der Waals surface area (Å²) in [7, 11) is 2.08. The molecule has 0 aromatic heterocycles. The van der Waals surface area contributed by atoms with E-state index in [-0.39, 0.29) is 5.60 Å². The molecule has 0 aromatic rings. The normalized spacial score (nSPS) is 35.1. The molecule has 17 heavy (non-hydrogen) atoms. The van der Waals surface area contributed by atoms with Crippen molar-refractivity contribution in [2.45, 2.75) is 65.0 Å². The Hall–Kier alpha value is -0.570. The summed E-state index contributed by atoms with van der Waals surface area (Å²) in [4.78, 5) is 9.60. The maximum atomic E-state index is 9.60. The topological polar surface area (TPSA) is 38.3 Å². The minimum absolute atomic E-state index is 0.318. The number of hydrogen-bond donors (Lipinski definition) is 1. The Kier molecular flexibility index (Phi) is 4.59. The molecule has 3 heteroatoms. The van der Waals surface area contributed by atoms with Crippen LogP contribution < -0.4 is 5.32 Å². The van der Waals surface area contributed by atoms with Gasteiger partial charge in [0.15, 0.2) is 0 Å². The summed E-state index contributed by atoms with van der Waals surface area (Å²) in [6, 6.07) is 0.854. The molecule has 2 aliphatic rings. The van der Waals surface area contributed by atoms with Gasteiger partial charge in [0.25, 0.3) is 6.47 Å². The zero-order valence-corrected chi connectivity index (χ0v) is 11.9. The summed E-state index contributed by atoms with van der Waals surface area (Å²) in [5, 5.41) is 3.34. The van der Waals surface area contributed by atoms with Crippen molar-refractivity contribution in [2.24, 2.45) is 11.3 Å². The van der Waals surface area contributed by atoms with Crippen LogP contribution in [0.5, 0.6) is 0 Å². The van der Waals surface area contributed by atoms with Crippen molar-refractivity contribution in [1.29, 1.82) is 0 Å². The van der Waals surface area contributed by atoms with Crippen LogP contribution in [0.4, 0.5) is 0 Å². The lowest BCUT2D eigenvalue weighted by atomic mass is 9.50. The van der Waals surface area contributed by atoms with E-state index >= 15 is 0 Å². The molecule has 0 unspecified atom stereocenters. The van der Waals surface area contributed by atoms with Crippen LogP contribution in [-0.4, -0.2) is 25.2 Å². The number of carbonyl (C=O) groups excluding carboxylic acids is 1. The standard InChI is InChI=1S/C9H17N.C5H10O2/c1-7-3-9(4-7)5-8(6-9)10-2;1-5(2,3)7-4-6/h7-8,10H,3-6H2,1-2H3;4H,1-3H3. The first-order valence-electron chi connectivity index (χ1n) is 6.59. The van der Waals surface area contributed by atoms with Gasteiger partial charge in [-0.25, -0.2) is 0 Å². The maximum absolute atomic E-state index is 9.60. The van der Waals surface area contributed by atoms with Crippen molar-refractivity contribution in [2.75, 3.05) is 7.05 Å². The van der Waals surface area contributed by atoms with E-state index in [1.54, 1.807) is 0 Å². The third-order valence-electron chi connectivity index (χ3n) is 3.73. The zero-order valence-electron chi connectivity index (χ0n) is 11.9. The van der Waals surface area contributed by atoms with Crippen LogP contribution in [0, 0.1) is 11.3 Å². The van der Waals surface area contributed by atoms with Crippen LogP contribution in [0.1, 0.15) is 53.4 Å². The molecule has 0 aromatic carbocycles. The number of ether oxygens (including phenoxy) is 1. The minimum Gasteiger partial charge on any atom is -0.462 e. The van der Waals surface area contributed by atoms with Gasteiger partial charge in [0, 0.05) is 6.04 Å². The fourth-order valence-electron chi connectivity index (χ4n) is 3.09. The molecule has 0 saturated heterocycles. The third-order valence-corrected chi connectivity index (χ3v) is 3.73. The summed E-state index contributed by atoms with van der Waals surface area (Å²) >= 11 is 0. The third kappa shape index (κ3) is 4.30. The van der Waals surface area contributed by atoms with Gasteiger partial charge in [0.1, 0.15) is 5.60 Å². The van der Waals surface area contributed by atoms with Crippen LogP contribution in [0.25, 0.3) is 0 Å². The number of rotatable bonds is 2. The van der Waals surface area contributed by atoms with Crippen molar-refractivity contribution in [3.63, 3.8) is 0 Å². The second kappa shape index (κ2) is 5.38. The molecular formula is C14H27NO2. The second-order valence-corrected chi connectivity index (χ2v) is 6.73. The van der Waals surface area contributed by atoms with Crippen LogP contribution in [0.15, 0.2) is 0 Å². The average Bonchev–Trinajstić information content (AvgIpc) is 2.07. The number of hydrogen-bond acceptors (Lipinski definition) is 3. The lowest BCUT2D eigenvalue weighted by molar-refractivity contribution is -0.138. The maximum Gasteiger partial charge on any atom is 0.293 e. The summed E-state index contributed by atoms with van der Waals surface area (Å²) in [5.74, 6) is 1.03. The van der Waals surface area contributed by atoms with Gasteiger partial charge in [-0.3, -0.25) is 4.79 Å². The van der Waals surface area contributed by atoms with Crippen molar-refractivity contribution in [3.8, 4) is 0 Å². The second-order valence-electron chi connectivity index (χ2n) is 6.73.